The van der Waals surface area contributed by atoms with E-state index in [4.69, 9.17) is 9.15 Å². The molecule has 2 heterocycles. The molecule has 0 saturated carbocycles. The first-order valence-corrected chi connectivity index (χ1v) is 8.92. The van der Waals surface area contributed by atoms with Crippen molar-refractivity contribution >= 4 is 16.8 Å². The van der Waals surface area contributed by atoms with Gasteiger partial charge in [-0.1, -0.05) is 24.3 Å². The number of hydrogen-bond donors (Lipinski definition) is 1. The van der Waals surface area contributed by atoms with Crippen LogP contribution in [0.15, 0.2) is 69.1 Å². The molecule has 5 nitrogen and oxygen atoms in total. The van der Waals surface area contributed by atoms with Gasteiger partial charge in [0.25, 0.3) is 0 Å². The number of carbonyl (C=O) groups is 1. The summed E-state index contributed by atoms with van der Waals surface area (Å²) in [5, 5.41) is 10.7. The second-order valence-electron chi connectivity index (χ2n) is 6.87. The number of rotatable bonds is 1. The lowest BCUT2D eigenvalue weighted by atomic mass is 9.77. The highest BCUT2D eigenvalue weighted by atomic mass is 16.5. The molecule has 2 aromatic carbocycles. The van der Waals surface area contributed by atoms with Gasteiger partial charge in [-0.05, 0) is 36.2 Å². The van der Waals surface area contributed by atoms with Gasteiger partial charge >= 0.3 is 5.63 Å². The Labute approximate surface area is 154 Å². The summed E-state index contributed by atoms with van der Waals surface area (Å²) in [6, 6.07) is 13.9. The van der Waals surface area contributed by atoms with Crippen molar-refractivity contribution in [1.82, 2.24) is 0 Å². The Kier molecular flexibility index (Phi) is 3.44. The van der Waals surface area contributed by atoms with Crippen LogP contribution >= 0.6 is 0 Å². The predicted molar refractivity (Wildman–Crippen MR) is 98.9 cm³/mol. The molecular formula is C22H16O5. The standard InChI is InChI=1S/C22H16O5/c23-13-6-3-5-12(11-13)18-19-15(24)8-4-10-17(19)26-21-14-7-1-2-9-16(14)27-22(25)20(18)21/h1-3,5-7,9,11,18,23H,4,8,10H2. The number of fused-ring (bicyclic) bond motifs is 3. The molecule has 0 amide bonds. The number of hydrogen-bond acceptors (Lipinski definition) is 5. The van der Waals surface area contributed by atoms with Gasteiger partial charge in [-0.3, -0.25) is 4.79 Å². The predicted octanol–water partition coefficient (Wildman–Crippen LogP) is 4.03. The van der Waals surface area contributed by atoms with Crippen LogP contribution in [-0.2, 0) is 4.79 Å². The van der Waals surface area contributed by atoms with E-state index >= 15 is 0 Å². The number of phenolic OH excluding ortho intramolecular Hbond substituents is 1. The number of para-hydroxylation sites is 1. The number of allylic oxidation sites excluding steroid dienone is 2. The maximum absolute atomic E-state index is 12.9. The Morgan fingerprint density at radius 1 is 1.00 bits per heavy atom. The van der Waals surface area contributed by atoms with Gasteiger partial charge in [0.2, 0.25) is 0 Å². The molecule has 1 unspecified atom stereocenters. The van der Waals surface area contributed by atoms with Gasteiger partial charge in [0.05, 0.1) is 16.9 Å². The van der Waals surface area contributed by atoms with Crippen molar-refractivity contribution in [2.24, 2.45) is 0 Å². The minimum Gasteiger partial charge on any atom is -0.508 e. The molecule has 0 radical (unpaired) electrons. The lowest BCUT2D eigenvalue weighted by molar-refractivity contribution is -0.116. The molecule has 0 saturated heterocycles. The summed E-state index contributed by atoms with van der Waals surface area (Å²) in [7, 11) is 0. The van der Waals surface area contributed by atoms with Crippen molar-refractivity contribution < 1.29 is 19.1 Å². The molecule has 1 atom stereocenters. The molecule has 1 aromatic heterocycles. The summed E-state index contributed by atoms with van der Waals surface area (Å²) in [4.78, 5) is 25.6. The monoisotopic (exact) mass is 360 g/mol. The fraction of sp³-hybridized carbons (Fsp3) is 0.182. The van der Waals surface area contributed by atoms with Crippen LogP contribution in [0.4, 0.5) is 0 Å². The summed E-state index contributed by atoms with van der Waals surface area (Å²) < 4.78 is 11.6. The lowest BCUT2D eigenvalue weighted by Gasteiger charge is -2.32. The van der Waals surface area contributed by atoms with Gasteiger partial charge in [0, 0.05) is 18.4 Å². The Morgan fingerprint density at radius 2 is 1.85 bits per heavy atom. The molecule has 1 N–H and O–H groups in total. The summed E-state index contributed by atoms with van der Waals surface area (Å²) in [6.45, 7) is 0. The average molecular weight is 360 g/mol. The molecule has 27 heavy (non-hydrogen) atoms. The lowest BCUT2D eigenvalue weighted by Crippen LogP contribution is -2.29. The topological polar surface area (TPSA) is 76.7 Å². The van der Waals surface area contributed by atoms with Crippen molar-refractivity contribution in [3.63, 3.8) is 0 Å². The number of benzene rings is 2. The maximum Gasteiger partial charge on any atom is 0.344 e. The molecule has 5 heteroatoms. The summed E-state index contributed by atoms with van der Waals surface area (Å²) in [5.74, 6) is 0.509. The highest BCUT2D eigenvalue weighted by Gasteiger charge is 2.40. The van der Waals surface area contributed by atoms with Gasteiger partial charge in [-0.25, -0.2) is 4.79 Å². The van der Waals surface area contributed by atoms with E-state index in [1.54, 1.807) is 36.4 Å². The maximum atomic E-state index is 12.9. The van der Waals surface area contributed by atoms with E-state index < -0.39 is 11.5 Å². The molecule has 134 valence electrons. The molecule has 1 aliphatic carbocycles. The van der Waals surface area contributed by atoms with E-state index in [-0.39, 0.29) is 11.5 Å². The highest BCUT2D eigenvalue weighted by molar-refractivity contribution is 6.00. The number of ether oxygens (including phenoxy) is 1. The smallest absolute Gasteiger partial charge is 0.344 e. The largest absolute Gasteiger partial charge is 0.508 e. The minimum atomic E-state index is -0.607. The van der Waals surface area contributed by atoms with Crippen LogP contribution in [0.3, 0.4) is 0 Å². The number of Topliss-reactive ketones (excluding diaryl/α,β-unsaturated/α-hetero) is 1. The second-order valence-corrected chi connectivity index (χ2v) is 6.87. The van der Waals surface area contributed by atoms with Crippen LogP contribution in [0.1, 0.15) is 36.3 Å². The quantitative estimate of drug-likeness (QED) is 0.663. The number of carbonyl (C=O) groups excluding carboxylic acids is 1. The van der Waals surface area contributed by atoms with Gasteiger partial charge < -0.3 is 14.3 Å². The van der Waals surface area contributed by atoms with Crippen LogP contribution in [0.2, 0.25) is 0 Å². The van der Waals surface area contributed by atoms with Gasteiger partial charge in [-0.15, -0.1) is 0 Å². The van der Waals surface area contributed by atoms with E-state index in [0.29, 0.717) is 52.0 Å². The fourth-order valence-electron chi connectivity index (χ4n) is 4.06. The van der Waals surface area contributed by atoms with Crippen molar-refractivity contribution in [2.75, 3.05) is 0 Å². The zero-order chi connectivity index (χ0) is 18.5. The average Bonchev–Trinajstić information content (AvgIpc) is 2.67. The van der Waals surface area contributed by atoms with E-state index in [1.165, 1.54) is 0 Å². The van der Waals surface area contributed by atoms with Crippen molar-refractivity contribution in [1.29, 1.82) is 0 Å². The first-order valence-electron chi connectivity index (χ1n) is 8.92. The first kappa shape index (κ1) is 15.9. The normalized spacial score (nSPS) is 18.8. The van der Waals surface area contributed by atoms with Crippen LogP contribution < -0.4 is 10.4 Å². The minimum absolute atomic E-state index is 0.0252. The molecule has 5 rings (SSSR count). The highest BCUT2D eigenvalue weighted by Crippen LogP contribution is 2.47. The molecule has 0 fully saturated rings. The van der Waals surface area contributed by atoms with Crippen LogP contribution in [0.25, 0.3) is 11.0 Å². The fourth-order valence-corrected chi connectivity index (χ4v) is 4.06. The third kappa shape index (κ3) is 2.39. The Hall–Kier alpha value is -3.34. The van der Waals surface area contributed by atoms with E-state index in [2.05, 4.69) is 0 Å². The summed E-state index contributed by atoms with van der Waals surface area (Å²) >= 11 is 0. The van der Waals surface area contributed by atoms with Crippen molar-refractivity contribution in [3.05, 3.63) is 81.4 Å². The summed E-state index contributed by atoms with van der Waals surface area (Å²) in [5.41, 5.74) is 1.41. The van der Waals surface area contributed by atoms with Gasteiger partial charge in [0.1, 0.15) is 22.8 Å². The molecule has 3 aromatic rings. The van der Waals surface area contributed by atoms with Gasteiger partial charge in [0.15, 0.2) is 5.78 Å². The first-order chi connectivity index (χ1) is 13.1. The second kappa shape index (κ2) is 5.84. The molecule has 1 aliphatic heterocycles. The Balaban J connectivity index is 1.87. The van der Waals surface area contributed by atoms with Crippen LogP contribution in [0.5, 0.6) is 11.5 Å². The van der Waals surface area contributed by atoms with Gasteiger partial charge in [-0.2, -0.15) is 0 Å². The van der Waals surface area contributed by atoms with E-state index in [1.807, 2.05) is 12.1 Å². The molecule has 0 spiro atoms. The molecular weight excluding hydrogens is 344 g/mol. The Bertz CT molecular complexity index is 1180. The summed E-state index contributed by atoms with van der Waals surface area (Å²) in [6.07, 6.45) is 1.79. The van der Waals surface area contributed by atoms with Crippen LogP contribution in [-0.4, -0.2) is 10.9 Å². The van der Waals surface area contributed by atoms with E-state index in [0.717, 1.165) is 6.42 Å². The number of ketones is 1. The molecule has 0 bridgehead atoms. The number of aromatic hydroxyl groups is 1. The van der Waals surface area contributed by atoms with Crippen LogP contribution in [0, 0.1) is 0 Å². The third-order valence-corrected chi connectivity index (χ3v) is 5.21. The van der Waals surface area contributed by atoms with Crippen molar-refractivity contribution in [2.45, 2.75) is 25.2 Å². The molecule has 2 aliphatic rings. The van der Waals surface area contributed by atoms with E-state index in [9.17, 15) is 14.7 Å². The van der Waals surface area contributed by atoms with Crippen molar-refractivity contribution in [3.8, 4) is 11.5 Å². The zero-order valence-corrected chi connectivity index (χ0v) is 14.4. The Morgan fingerprint density at radius 3 is 2.70 bits per heavy atom. The number of phenols is 1. The third-order valence-electron chi connectivity index (χ3n) is 5.21. The zero-order valence-electron chi connectivity index (χ0n) is 14.4. The SMILES string of the molecule is O=C1CCCC2=C1C(c1cccc(O)c1)c1c(c3ccccc3oc1=O)O2.